The zero-order valence-corrected chi connectivity index (χ0v) is 7.30. The van der Waals surface area contributed by atoms with Crippen LogP contribution in [0.4, 0.5) is 0 Å². The summed E-state index contributed by atoms with van der Waals surface area (Å²) in [5, 5.41) is 8.88. The first kappa shape index (κ1) is 7.80. The Morgan fingerprint density at radius 1 is 1.58 bits per heavy atom. The molecule has 0 spiro atoms. The molecule has 2 N–H and O–H groups in total. The Bertz CT molecular complexity index is 276. The highest BCUT2D eigenvalue weighted by Gasteiger charge is 2.28. The van der Waals surface area contributed by atoms with Crippen LogP contribution in [-0.2, 0) is 13.0 Å². The molecular formula is C9H14N2O. The van der Waals surface area contributed by atoms with E-state index in [9.17, 15) is 0 Å². The van der Waals surface area contributed by atoms with Crippen molar-refractivity contribution in [2.75, 3.05) is 0 Å². The normalized spacial score (nSPS) is 16.8. The molecule has 3 heteroatoms. The van der Waals surface area contributed by atoms with E-state index in [4.69, 9.17) is 5.11 Å². The summed E-state index contributed by atoms with van der Waals surface area (Å²) < 4.78 is 0. The van der Waals surface area contributed by atoms with Crippen LogP contribution < -0.4 is 0 Å². The number of aliphatic hydroxyl groups excluding tert-OH is 1. The molecule has 0 radical (unpaired) electrons. The van der Waals surface area contributed by atoms with Crippen LogP contribution in [0, 0.1) is 0 Å². The maximum atomic E-state index is 8.88. The number of nitrogens with one attached hydrogen (secondary N) is 1. The first-order valence-corrected chi connectivity index (χ1v) is 4.53. The topological polar surface area (TPSA) is 48.9 Å². The number of hydrogen-bond donors (Lipinski definition) is 2. The van der Waals surface area contributed by atoms with Crippen LogP contribution in [-0.4, -0.2) is 15.1 Å². The second-order valence-electron chi connectivity index (χ2n) is 3.33. The predicted molar refractivity (Wildman–Crippen MR) is 45.9 cm³/mol. The summed E-state index contributed by atoms with van der Waals surface area (Å²) in [7, 11) is 0. The van der Waals surface area contributed by atoms with Crippen LogP contribution in [0.2, 0.25) is 0 Å². The Hall–Kier alpha value is -0.830. The van der Waals surface area contributed by atoms with Crippen LogP contribution in [0.15, 0.2) is 0 Å². The van der Waals surface area contributed by atoms with Crippen molar-refractivity contribution in [1.29, 1.82) is 0 Å². The minimum atomic E-state index is 0.0275. The van der Waals surface area contributed by atoms with Gasteiger partial charge < -0.3 is 10.1 Å². The molecule has 1 aromatic heterocycles. The summed E-state index contributed by atoms with van der Waals surface area (Å²) in [6.07, 6.45) is 3.52. The summed E-state index contributed by atoms with van der Waals surface area (Å²) in [4.78, 5) is 7.50. The smallest absolute Gasteiger partial charge is 0.132 e. The summed E-state index contributed by atoms with van der Waals surface area (Å²) in [6, 6.07) is 0. The van der Waals surface area contributed by atoms with E-state index in [1.165, 1.54) is 24.2 Å². The molecule has 12 heavy (non-hydrogen) atoms. The van der Waals surface area contributed by atoms with Crippen LogP contribution in [0.5, 0.6) is 0 Å². The van der Waals surface area contributed by atoms with Gasteiger partial charge in [-0.1, -0.05) is 6.92 Å². The van der Waals surface area contributed by atoms with E-state index in [2.05, 4.69) is 16.9 Å². The van der Waals surface area contributed by atoms with E-state index in [1.807, 2.05) is 0 Å². The molecule has 1 aliphatic rings. The van der Waals surface area contributed by atoms with Crippen LogP contribution >= 0.6 is 0 Å². The second kappa shape index (κ2) is 2.90. The number of aromatic nitrogens is 2. The maximum absolute atomic E-state index is 8.88. The summed E-state index contributed by atoms with van der Waals surface area (Å²) in [6.45, 7) is 2.14. The number of nitrogens with zero attached hydrogens (tertiary/aromatic N) is 1. The number of H-pyrrole nitrogens is 1. The molecule has 0 atom stereocenters. The highest BCUT2D eigenvalue weighted by Crippen LogP contribution is 2.40. The molecular weight excluding hydrogens is 152 g/mol. The molecule has 3 nitrogen and oxygen atoms in total. The molecule has 1 aliphatic carbocycles. The fourth-order valence-electron chi connectivity index (χ4n) is 1.52. The van der Waals surface area contributed by atoms with Crippen LogP contribution in [0.25, 0.3) is 0 Å². The Morgan fingerprint density at radius 3 is 2.83 bits per heavy atom. The zero-order valence-electron chi connectivity index (χ0n) is 7.30. The van der Waals surface area contributed by atoms with Gasteiger partial charge in [0.1, 0.15) is 12.4 Å². The standard InChI is InChI=1S/C9H14N2O/c1-2-7-9(6-3-4-6)11-8(5-12)10-7/h6,12H,2-5H2,1H3,(H,10,11). The van der Waals surface area contributed by atoms with Crippen LogP contribution in [0.1, 0.15) is 42.9 Å². The SMILES string of the molecule is CCc1[nH]c(CO)nc1C1CC1. The number of imidazole rings is 1. The van der Waals surface area contributed by atoms with Crippen molar-refractivity contribution >= 4 is 0 Å². The van der Waals surface area contributed by atoms with E-state index in [-0.39, 0.29) is 6.61 Å². The van der Waals surface area contributed by atoms with Gasteiger partial charge in [-0.15, -0.1) is 0 Å². The predicted octanol–water partition coefficient (Wildman–Crippen LogP) is 1.34. The maximum Gasteiger partial charge on any atom is 0.132 e. The van der Waals surface area contributed by atoms with Gasteiger partial charge in [0.05, 0.1) is 5.69 Å². The Kier molecular flexibility index (Phi) is 1.89. The zero-order chi connectivity index (χ0) is 8.55. The average molecular weight is 166 g/mol. The fraction of sp³-hybridized carbons (Fsp3) is 0.667. The molecule has 1 fully saturated rings. The van der Waals surface area contributed by atoms with E-state index < -0.39 is 0 Å². The number of aromatic amines is 1. The first-order valence-electron chi connectivity index (χ1n) is 4.53. The van der Waals surface area contributed by atoms with Gasteiger partial charge in [-0.3, -0.25) is 0 Å². The average Bonchev–Trinajstić information content (AvgIpc) is 2.85. The molecule has 0 amide bonds. The molecule has 1 heterocycles. The van der Waals surface area contributed by atoms with Crippen molar-refractivity contribution in [3.63, 3.8) is 0 Å². The van der Waals surface area contributed by atoms with Gasteiger partial charge in [-0.25, -0.2) is 4.98 Å². The Labute approximate surface area is 71.8 Å². The number of rotatable bonds is 3. The molecule has 2 rings (SSSR count). The van der Waals surface area contributed by atoms with Gasteiger partial charge in [-0.2, -0.15) is 0 Å². The Balaban J connectivity index is 2.29. The fourth-order valence-corrected chi connectivity index (χ4v) is 1.52. The van der Waals surface area contributed by atoms with Crippen molar-refractivity contribution < 1.29 is 5.11 Å². The van der Waals surface area contributed by atoms with Gasteiger partial charge in [-0.05, 0) is 19.3 Å². The number of hydrogen-bond acceptors (Lipinski definition) is 2. The molecule has 1 aromatic rings. The van der Waals surface area contributed by atoms with Gasteiger partial charge in [0.25, 0.3) is 0 Å². The lowest BCUT2D eigenvalue weighted by atomic mass is 10.2. The third-order valence-corrected chi connectivity index (χ3v) is 2.33. The van der Waals surface area contributed by atoms with Crippen molar-refractivity contribution in [1.82, 2.24) is 9.97 Å². The van der Waals surface area contributed by atoms with Gasteiger partial charge in [0.15, 0.2) is 0 Å². The largest absolute Gasteiger partial charge is 0.388 e. The lowest BCUT2D eigenvalue weighted by Gasteiger charge is -1.93. The summed E-state index contributed by atoms with van der Waals surface area (Å²) in [5.74, 6) is 1.39. The summed E-state index contributed by atoms with van der Waals surface area (Å²) >= 11 is 0. The molecule has 66 valence electrons. The van der Waals surface area contributed by atoms with Gasteiger partial charge in [0.2, 0.25) is 0 Å². The highest BCUT2D eigenvalue weighted by molar-refractivity contribution is 5.22. The van der Waals surface area contributed by atoms with Crippen LogP contribution in [0.3, 0.4) is 0 Å². The Morgan fingerprint density at radius 2 is 2.33 bits per heavy atom. The first-order chi connectivity index (χ1) is 5.85. The minimum absolute atomic E-state index is 0.0275. The molecule has 0 saturated heterocycles. The minimum Gasteiger partial charge on any atom is -0.388 e. The van der Waals surface area contributed by atoms with E-state index in [1.54, 1.807) is 0 Å². The molecule has 0 unspecified atom stereocenters. The highest BCUT2D eigenvalue weighted by atomic mass is 16.3. The van der Waals surface area contributed by atoms with Crippen molar-refractivity contribution in [3.05, 3.63) is 17.2 Å². The molecule has 0 bridgehead atoms. The molecule has 1 saturated carbocycles. The van der Waals surface area contributed by atoms with Crippen molar-refractivity contribution in [2.24, 2.45) is 0 Å². The third kappa shape index (κ3) is 1.25. The third-order valence-electron chi connectivity index (χ3n) is 2.33. The number of aryl methyl sites for hydroxylation is 1. The van der Waals surface area contributed by atoms with Crippen molar-refractivity contribution in [2.45, 2.75) is 38.7 Å². The lowest BCUT2D eigenvalue weighted by Crippen LogP contribution is -1.87. The van der Waals surface area contributed by atoms with E-state index in [0.29, 0.717) is 11.7 Å². The number of aliphatic hydroxyl groups is 1. The van der Waals surface area contributed by atoms with Gasteiger partial charge >= 0.3 is 0 Å². The summed E-state index contributed by atoms with van der Waals surface area (Å²) in [5.41, 5.74) is 2.41. The lowest BCUT2D eigenvalue weighted by molar-refractivity contribution is 0.272. The monoisotopic (exact) mass is 166 g/mol. The van der Waals surface area contributed by atoms with E-state index in [0.717, 1.165) is 6.42 Å². The van der Waals surface area contributed by atoms with E-state index >= 15 is 0 Å². The molecule has 0 aliphatic heterocycles. The van der Waals surface area contributed by atoms with Crippen molar-refractivity contribution in [3.8, 4) is 0 Å². The van der Waals surface area contributed by atoms with Gasteiger partial charge in [0, 0.05) is 11.6 Å². The second-order valence-corrected chi connectivity index (χ2v) is 3.33. The molecule has 0 aromatic carbocycles. The quantitative estimate of drug-likeness (QED) is 0.712.